The van der Waals surface area contributed by atoms with Gasteiger partial charge in [-0.25, -0.2) is 0 Å². The van der Waals surface area contributed by atoms with E-state index in [0.717, 1.165) is 11.1 Å². The van der Waals surface area contributed by atoms with Crippen molar-refractivity contribution in [1.82, 2.24) is 0 Å². The molecule has 0 saturated carbocycles. The van der Waals surface area contributed by atoms with Crippen LogP contribution in [0.3, 0.4) is 0 Å². The van der Waals surface area contributed by atoms with Gasteiger partial charge in [0.1, 0.15) is 11.5 Å². The van der Waals surface area contributed by atoms with Gasteiger partial charge in [-0.3, -0.25) is 14.5 Å². The van der Waals surface area contributed by atoms with E-state index in [-0.39, 0.29) is 17.3 Å². The van der Waals surface area contributed by atoms with Crippen LogP contribution in [0.5, 0.6) is 23.0 Å². The molecule has 40 heavy (non-hydrogen) atoms. The van der Waals surface area contributed by atoms with E-state index < -0.39 is 17.7 Å². The molecule has 1 unspecified atom stereocenters. The van der Waals surface area contributed by atoms with Gasteiger partial charge in [0.25, 0.3) is 11.7 Å². The highest BCUT2D eigenvalue weighted by molar-refractivity contribution is 6.51. The Bertz CT molecular complexity index is 1450. The zero-order valence-corrected chi connectivity index (χ0v) is 23.9. The van der Waals surface area contributed by atoms with E-state index in [9.17, 15) is 14.7 Å². The van der Waals surface area contributed by atoms with Gasteiger partial charge in [0.05, 0.1) is 39.6 Å². The summed E-state index contributed by atoms with van der Waals surface area (Å²) in [5.74, 6) is 0.0558. The number of amides is 1. The molecule has 1 atom stereocenters. The molecule has 1 heterocycles. The van der Waals surface area contributed by atoms with E-state index in [1.807, 2.05) is 45.9 Å². The minimum absolute atomic E-state index is 0.0420. The normalized spacial score (nSPS) is 16.4. The van der Waals surface area contributed by atoms with Gasteiger partial charge in [-0.15, -0.1) is 0 Å². The second-order valence-electron chi connectivity index (χ2n) is 9.81. The first-order valence-corrected chi connectivity index (χ1v) is 13.1. The fourth-order valence-corrected chi connectivity index (χ4v) is 5.04. The molecular formula is C32H35NO7. The predicted octanol–water partition coefficient (Wildman–Crippen LogP) is 6.17. The number of carbonyl (C=O) groups is 2. The number of aryl methyl sites for hydroxylation is 1. The van der Waals surface area contributed by atoms with Gasteiger partial charge in [-0.05, 0) is 78.9 Å². The third-order valence-electron chi connectivity index (χ3n) is 6.93. The molecule has 3 aromatic carbocycles. The van der Waals surface area contributed by atoms with Gasteiger partial charge in [0.15, 0.2) is 11.5 Å². The fraction of sp³-hybridized carbons (Fsp3) is 0.312. The first kappa shape index (κ1) is 28.5. The number of anilines is 1. The number of benzene rings is 3. The molecular weight excluding hydrogens is 510 g/mol. The summed E-state index contributed by atoms with van der Waals surface area (Å²) in [5, 5.41) is 11.7. The lowest BCUT2D eigenvalue weighted by Gasteiger charge is -2.27. The maximum atomic E-state index is 13.7. The number of aliphatic hydroxyl groups is 1. The van der Waals surface area contributed by atoms with E-state index in [4.69, 9.17) is 18.9 Å². The van der Waals surface area contributed by atoms with Crippen molar-refractivity contribution in [2.75, 3.05) is 32.8 Å². The van der Waals surface area contributed by atoms with Crippen molar-refractivity contribution < 1.29 is 33.6 Å². The maximum absolute atomic E-state index is 13.7. The van der Waals surface area contributed by atoms with E-state index >= 15 is 0 Å². The third-order valence-corrected chi connectivity index (χ3v) is 6.93. The monoisotopic (exact) mass is 545 g/mol. The lowest BCUT2D eigenvalue weighted by Crippen LogP contribution is -2.29. The van der Waals surface area contributed by atoms with Gasteiger partial charge in [0.2, 0.25) is 5.75 Å². The van der Waals surface area contributed by atoms with Crippen molar-refractivity contribution in [2.24, 2.45) is 0 Å². The quantitative estimate of drug-likeness (QED) is 0.195. The number of carbonyl (C=O) groups excluding carboxylic acids is 2. The average Bonchev–Trinajstić information content (AvgIpc) is 3.21. The molecule has 8 heteroatoms. The van der Waals surface area contributed by atoms with Crippen LogP contribution in [0.15, 0.2) is 60.2 Å². The van der Waals surface area contributed by atoms with Crippen LogP contribution in [0.1, 0.15) is 55.0 Å². The fourth-order valence-electron chi connectivity index (χ4n) is 5.04. The maximum Gasteiger partial charge on any atom is 0.300 e. The van der Waals surface area contributed by atoms with Crippen molar-refractivity contribution in [3.8, 4) is 23.0 Å². The molecule has 1 N–H and O–H groups in total. The van der Waals surface area contributed by atoms with E-state index in [1.165, 1.54) is 26.2 Å². The minimum Gasteiger partial charge on any atom is -0.507 e. The van der Waals surface area contributed by atoms with Gasteiger partial charge >= 0.3 is 0 Å². The molecule has 210 valence electrons. The van der Waals surface area contributed by atoms with E-state index in [2.05, 4.69) is 0 Å². The smallest absolute Gasteiger partial charge is 0.300 e. The number of ketones is 1. The zero-order chi connectivity index (χ0) is 29.1. The molecule has 0 spiro atoms. The van der Waals surface area contributed by atoms with Crippen molar-refractivity contribution >= 4 is 23.1 Å². The molecule has 0 aromatic heterocycles. The molecule has 1 aliphatic heterocycles. The molecule has 0 radical (unpaired) electrons. The Hall–Kier alpha value is -4.46. The highest BCUT2D eigenvalue weighted by Gasteiger charge is 2.47. The predicted molar refractivity (Wildman–Crippen MR) is 154 cm³/mol. The molecule has 3 aromatic rings. The average molecular weight is 546 g/mol. The van der Waals surface area contributed by atoms with Crippen LogP contribution < -0.4 is 23.8 Å². The van der Waals surface area contributed by atoms with E-state index in [1.54, 1.807) is 36.4 Å². The Labute approximate surface area is 234 Å². The Morgan fingerprint density at radius 1 is 0.925 bits per heavy atom. The Kier molecular flexibility index (Phi) is 8.38. The highest BCUT2D eigenvalue weighted by Crippen LogP contribution is 2.47. The summed E-state index contributed by atoms with van der Waals surface area (Å²) < 4.78 is 22.4. The Morgan fingerprint density at radius 2 is 1.60 bits per heavy atom. The first-order valence-electron chi connectivity index (χ1n) is 13.1. The molecule has 1 aliphatic rings. The topological polar surface area (TPSA) is 94.5 Å². The van der Waals surface area contributed by atoms with Crippen LogP contribution in [-0.2, 0) is 9.59 Å². The van der Waals surface area contributed by atoms with Crippen LogP contribution >= 0.6 is 0 Å². The number of hydrogen-bond acceptors (Lipinski definition) is 7. The lowest BCUT2D eigenvalue weighted by atomic mass is 9.92. The number of nitrogens with zero attached hydrogens (tertiary/aromatic N) is 1. The summed E-state index contributed by atoms with van der Waals surface area (Å²) in [6.45, 7) is 8.35. The van der Waals surface area contributed by atoms with Gasteiger partial charge in [0, 0.05) is 11.3 Å². The first-order chi connectivity index (χ1) is 19.2. The molecule has 0 bridgehead atoms. The summed E-state index contributed by atoms with van der Waals surface area (Å²) in [6.07, 6.45) is 0. The molecule has 1 saturated heterocycles. The third kappa shape index (κ3) is 5.09. The second kappa shape index (κ2) is 11.7. The number of rotatable bonds is 9. The van der Waals surface area contributed by atoms with Crippen molar-refractivity contribution in [2.45, 2.75) is 39.7 Å². The highest BCUT2D eigenvalue weighted by atomic mass is 16.5. The van der Waals surface area contributed by atoms with Gasteiger partial charge in [-0.2, -0.15) is 0 Å². The molecule has 8 nitrogen and oxygen atoms in total. The molecule has 1 amide bonds. The van der Waals surface area contributed by atoms with E-state index in [0.29, 0.717) is 46.4 Å². The second-order valence-corrected chi connectivity index (χ2v) is 9.81. The summed E-state index contributed by atoms with van der Waals surface area (Å²) in [4.78, 5) is 28.7. The lowest BCUT2D eigenvalue weighted by molar-refractivity contribution is -0.132. The van der Waals surface area contributed by atoms with Gasteiger partial charge < -0.3 is 24.1 Å². The molecule has 0 aliphatic carbocycles. The van der Waals surface area contributed by atoms with Crippen molar-refractivity contribution in [1.29, 1.82) is 0 Å². The zero-order valence-electron chi connectivity index (χ0n) is 23.9. The van der Waals surface area contributed by atoms with Crippen LogP contribution in [0.4, 0.5) is 5.69 Å². The summed E-state index contributed by atoms with van der Waals surface area (Å²) >= 11 is 0. The van der Waals surface area contributed by atoms with Crippen LogP contribution in [-0.4, -0.2) is 44.7 Å². The molecule has 1 fully saturated rings. The summed E-state index contributed by atoms with van der Waals surface area (Å²) in [5.41, 5.74) is 3.19. The Morgan fingerprint density at radius 3 is 2.15 bits per heavy atom. The number of methoxy groups -OCH3 is 3. The standard InChI is InChI=1S/C32H35NO7/c1-8-40-24-13-12-20(15-23(24)18(2)3)29(34)27-28(21-16-25(37-5)31(39-7)26(17-21)38-6)33(32(36)30(27)35)22-11-9-10-19(4)14-22/h9-18,28,34H,8H2,1-7H3/b29-27+. The number of Topliss-reactive ketones (excluding diaryl/α,β-unsaturated/α-hetero) is 1. The van der Waals surface area contributed by atoms with Crippen molar-refractivity contribution in [3.05, 3.63) is 82.4 Å². The minimum atomic E-state index is -0.968. The van der Waals surface area contributed by atoms with Crippen LogP contribution in [0, 0.1) is 6.92 Å². The van der Waals surface area contributed by atoms with Crippen molar-refractivity contribution in [3.63, 3.8) is 0 Å². The summed E-state index contributed by atoms with van der Waals surface area (Å²) in [7, 11) is 4.48. The number of ether oxygens (including phenoxy) is 4. The van der Waals surface area contributed by atoms with Crippen LogP contribution in [0.25, 0.3) is 5.76 Å². The summed E-state index contributed by atoms with van der Waals surface area (Å²) in [6, 6.07) is 15.0. The van der Waals surface area contributed by atoms with Crippen LogP contribution in [0.2, 0.25) is 0 Å². The number of aliphatic hydroxyl groups excluding tert-OH is 1. The SMILES string of the molecule is CCOc1ccc(/C(O)=C2\C(=O)C(=O)N(c3cccc(C)c3)C2c2cc(OC)c(OC)c(OC)c2)cc1C(C)C. The largest absolute Gasteiger partial charge is 0.507 e. The van der Waals surface area contributed by atoms with Gasteiger partial charge in [-0.1, -0.05) is 26.0 Å². The number of hydrogen-bond donors (Lipinski definition) is 1. The molecule has 4 rings (SSSR count). The Balaban J connectivity index is 2.01.